The molecule has 4 nitrogen and oxygen atoms in total. The molecule has 0 aromatic rings. The third kappa shape index (κ3) is 6.42. The molecule has 0 saturated heterocycles. The second-order valence-corrected chi connectivity index (χ2v) is 8.37. The molecular weight excluding hydrogens is 200 g/mol. The van der Waals surface area contributed by atoms with Crippen LogP contribution in [0.2, 0.25) is 19.6 Å². The van der Waals surface area contributed by atoms with E-state index in [0.717, 1.165) is 0 Å². The molecule has 0 heterocycles. The van der Waals surface area contributed by atoms with E-state index in [0.29, 0.717) is 0 Å². The summed E-state index contributed by atoms with van der Waals surface area (Å²) in [6.45, 7) is 10.2. The molecule has 0 radical (unpaired) electrons. The summed E-state index contributed by atoms with van der Waals surface area (Å²) in [6, 6.07) is 0. The molecule has 0 rings (SSSR count). The van der Waals surface area contributed by atoms with Crippen LogP contribution in [0.25, 0.3) is 0 Å². The summed E-state index contributed by atoms with van der Waals surface area (Å²) in [5.74, 6) is -1.07. The molecule has 80 valence electrons. The lowest BCUT2D eigenvalue weighted by atomic mass is 10.4. The third-order valence-corrected chi connectivity index (χ3v) is 1.93. The maximum atomic E-state index is 11.1. The van der Waals surface area contributed by atoms with Crippen LogP contribution in [0.4, 0.5) is 0 Å². The van der Waals surface area contributed by atoms with Gasteiger partial charge >= 0.3 is 11.9 Å². The maximum Gasteiger partial charge on any atom is 0.333 e. The Balaban J connectivity index is 3.87. The molecule has 14 heavy (non-hydrogen) atoms. The van der Waals surface area contributed by atoms with Crippen LogP contribution in [0.15, 0.2) is 12.2 Å². The van der Waals surface area contributed by atoms with Gasteiger partial charge in [-0.15, -0.1) is 0 Å². The third-order valence-electron chi connectivity index (χ3n) is 1.09. The lowest BCUT2D eigenvalue weighted by Crippen LogP contribution is -2.31. The average molecular weight is 216 g/mol. The fourth-order valence-corrected chi connectivity index (χ4v) is 1.36. The molecule has 0 aliphatic carbocycles. The van der Waals surface area contributed by atoms with E-state index in [1.54, 1.807) is 0 Å². The van der Waals surface area contributed by atoms with Gasteiger partial charge in [-0.25, -0.2) is 9.59 Å². The summed E-state index contributed by atoms with van der Waals surface area (Å²) in [5, 5.41) is 0. The van der Waals surface area contributed by atoms with Crippen molar-refractivity contribution in [3.05, 3.63) is 12.2 Å². The molecule has 0 spiro atoms. The van der Waals surface area contributed by atoms with Crippen LogP contribution >= 0.6 is 0 Å². The van der Waals surface area contributed by atoms with E-state index in [1.807, 2.05) is 19.6 Å². The first-order valence-corrected chi connectivity index (χ1v) is 7.67. The second-order valence-electron chi connectivity index (χ2n) is 3.94. The molecule has 5 heteroatoms. The van der Waals surface area contributed by atoms with Crippen molar-refractivity contribution < 1.29 is 18.8 Å². The van der Waals surface area contributed by atoms with Crippen molar-refractivity contribution >= 4 is 20.3 Å². The van der Waals surface area contributed by atoms with Gasteiger partial charge in [0.05, 0.1) is 0 Å². The number of ether oxygens (including phenoxy) is 1. The van der Waals surface area contributed by atoms with Gasteiger partial charge in [-0.1, -0.05) is 6.58 Å². The van der Waals surface area contributed by atoms with Gasteiger partial charge in [-0.2, -0.15) is 0 Å². The summed E-state index contributed by atoms with van der Waals surface area (Å²) in [4.78, 5) is 22.0. The van der Waals surface area contributed by atoms with E-state index in [1.165, 1.54) is 6.92 Å². The standard InChI is InChI=1S/C9H16O4Si/c1-7(2)9(11)12-6-8(10)13-14(3,4)5/h1,6H2,2-5H3. The highest BCUT2D eigenvalue weighted by atomic mass is 28.4. The second kappa shape index (κ2) is 4.95. The van der Waals surface area contributed by atoms with Gasteiger partial charge < -0.3 is 9.16 Å². The number of rotatable bonds is 4. The molecule has 0 fully saturated rings. The van der Waals surface area contributed by atoms with Gasteiger partial charge in [-0.05, 0) is 26.6 Å². The lowest BCUT2D eigenvalue weighted by molar-refractivity contribution is -0.151. The van der Waals surface area contributed by atoms with Crippen LogP contribution < -0.4 is 0 Å². The highest BCUT2D eigenvalue weighted by molar-refractivity contribution is 6.71. The zero-order valence-electron chi connectivity index (χ0n) is 9.05. The minimum Gasteiger partial charge on any atom is -0.517 e. The van der Waals surface area contributed by atoms with Crippen LogP contribution in [-0.4, -0.2) is 26.9 Å². The number of hydrogen-bond acceptors (Lipinski definition) is 4. The zero-order valence-corrected chi connectivity index (χ0v) is 10.0. The first kappa shape index (κ1) is 12.9. The predicted molar refractivity (Wildman–Crippen MR) is 55.2 cm³/mol. The van der Waals surface area contributed by atoms with E-state index in [9.17, 15) is 9.59 Å². The van der Waals surface area contributed by atoms with Gasteiger partial charge in [0, 0.05) is 5.57 Å². The molecular formula is C9H16O4Si. The Morgan fingerprint density at radius 2 is 1.79 bits per heavy atom. The SMILES string of the molecule is C=C(C)C(=O)OCC(=O)O[Si](C)(C)C. The fourth-order valence-electron chi connectivity index (χ4n) is 0.619. The largest absolute Gasteiger partial charge is 0.517 e. The van der Waals surface area contributed by atoms with Gasteiger partial charge in [0.25, 0.3) is 0 Å². The number of hydrogen-bond donors (Lipinski definition) is 0. The Hall–Kier alpha value is -1.10. The zero-order chi connectivity index (χ0) is 11.4. The van der Waals surface area contributed by atoms with E-state index in [4.69, 9.17) is 4.43 Å². The molecule has 0 aliphatic heterocycles. The number of carbonyl (C=O) groups excluding carboxylic acids is 2. The molecule has 0 amide bonds. The molecule has 0 aliphatic rings. The Morgan fingerprint density at radius 3 is 2.14 bits per heavy atom. The number of esters is 1. The van der Waals surface area contributed by atoms with E-state index in [-0.39, 0.29) is 12.2 Å². The number of carbonyl (C=O) groups is 2. The van der Waals surface area contributed by atoms with Crippen molar-refractivity contribution in [3.8, 4) is 0 Å². The van der Waals surface area contributed by atoms with Crippen LogP contribution in [-0.2, 0) is 18.8 Å². The first-order valence-electron chi connectivity index (χ1n) is 4.27. The smallest absolute Gasteiger partial charge is 0.333 e. The summed E-state index contributed by atoms with van der Waals surface area (Å²) >= 11 is 0. The van der Waals surface area contributed by atoms with E-state index >= 15 is 0 Å². The highest BCUT2D eigenvalue weighted by Crippen LogP contribution is 2.03. The van der Waals surface area contributed by atoms with Crippen molar-refractivity contribution in [3.63, 3.8) is 0 Å². The summed E-state index contributed by atoms with van der Waals surface area (Å²) in [7, 11) is -1.88. The van der Waals surface area contributed by atoms with E-state index < -0.39 is 20.3 Å². The Kier molecular flexibility index (Phi) is 4.56. The lowest BCUT2D eigenvalue weighted by Gasteiger charge is -2.16. The topological polar surface area (TPSA) is 52.6 Å². The Morgan fingerprint density at radius 1 is 1.29 bits per heavy atom. The maximum absolute atomic E-state index is 11.1. The first-order chi connectivity index (χ1) is 6.22. The normalized spacial score (nSPS) is 10.6. The van der Waals surface area contributed by atoms with Gasteiger partial charge in [0.2, 0.25) is 8.32 Å². The monoisotopic (exact) mass is 216 g/mol. The molecule has 0 bridgehead atoms. The Labute approximate surface area is 85.0 Å². The van der Waals surface area contributed by atoms with Crippen molar-refractivity contribution in [2.24, 2.45) is 0 Å². The summed E-state index contributed by atoms with van der Waals surface area (Å²) in [6.07, 6.45) is 0. The van der Waals surface area contributed by atoms with Crippen molar-refractivity contribution in [2.45, 2.75) is 26.6 Å². The molecule has 0 saturated carbocycles. The van der Waals surface area contributed by atoms with Crippen molar-refractivity contribution in [1.82, 2.24) is 0 Å². The predicted octanol–water partition coefficient (Wildman–Crippen LogP) is 1.48. The minimum absolute atomic E-state index is 0.269. The molecule has 0 aromatic carbocycles. The summed E-state index contributed by atoms with van der Waals surface area (Å²) < 4.78 is 9.68. The molecule has 0 atom stereocenters. The Bertz CT molecular complexity index is 252. The molecule has 0 unspecified atom stereocenters. The van der Waals surface area contributed by atoms with Gasteiger partial charge in [0.1, 0.15) is 0 Å². The fraction of sp³-hybridized carbons (Fsp3) is 0.556. The highest BCUT2D eigenvalue weighted by Gasteiger charge is 2.20. The minimum atomic E-state index is -1.88. The quantitative estimate of drug-likeness (QED) is 0.406. The van der Waals surface area contributed by atoms with Crippen LogP contribution in [0, 0.1) is 0 Å². The van der Waals surface area contributed by atoms with Crippen molar-refractivity contribution in [1.29, 1.82) is 0 Å². The molecule has 0 N–H and O–H groups in total. The van der Waals surface area contributed by atoms with Gasteiger partial charge in [-0.3, -0.25) is 0 Å². The van der Waals surface area contributed by atoms with Crippen LogP contribution in [0.5, 0.6) is 0 Å². The van der Waals surface area contributed by atoms with Crippen LogP contribution in [0.1, 0.15) is 6.92 Å². The van der Waals surface area contributed by atoms with Crippen molar-refractivity contribution in [2.75, 3.05) is 6.61 Å². The van der Waals surface area contributed by atoms with Crippen LogP contribution in [0.3, 0.4) is 0 Å². The average Bonchev–Trinajstić information content (AvgIpc) is 1.96. The summed E-state index contributed by atoms with van der Waals surface area (Å²) in [5.41, 5.74) is 0.269. The molecule has 0 aromatic heterocycles. The van der Waals surface area contributed by atoms with E-state index in [2.05, 4.69) is 11.3 Å². The van der Waals surface area contributed by atoms with Gasteiger partial charge in [0.15, 0.2) is 6.61 Å².